The molecule has 0 saturated heterocycles. The van der Waals surface area contributed by atoms with E-state index in [1.54, 1.807) is 11.1 Å². The Morgan fingerprint density at radius 3 is 2.95 bits per heavy atom. The Morgan fingerprint density at radius 1 is 1.43 bits per heavy atom. The van der Waals surface area contributed by atoms with Crippen molar-refractivity contribution in [3.63, 3.8) is 0 Å². The minimum Gasteiger partial charge on any atom is -0.368 e. The molecule has 0 atom stereocenters. The molecule has 7 heteroatoms. The van der Waals surface area contributed by atoms with Gasteiger partial charge in [-0.3, -0.25) is 4.79 Å². The van der Waals surface area contributed by atoms with Crippen LogP contribution in [-0.4, -0.2) is 25.9 Å². The number of nitrogen functional groups attached to an aromatic ring is 1. The second-order valence-corrected chi connectivity index (χ2v) is 5.25. The number of carbonyl (C=O) groups is 1. The average Bonchev–Trinajstić information content (AvgIpc) is 3.00. The van der Waals surface area contributed by atoms with Crippen LogP contribution in [0.15, 0.2) is 10.7 Å². The topological polar surface area (TPSA) is 98.1 Å². The molecule has 1 aliphatic heterocycles. The molecule has 0 aromatic carbocycles. The van der Waals surface area contributed by atoms with Gasteiger partial charge in [0.25, 0.3) is 0 Å². The zero-order valence-electron chi connectivity index (χ0n) is 12.1. The van der Waals surface area contributed by atoms with Crippen molar-refractivity contribution < 1.29 is 9.32 Å². The molecule has 110 valence electrons. The van der Waals surface area contributed by atoms with Crippen molar-refractivity contribution in [2.24, 2.45) is 0 Å². The van der Waals surface area contributed by atoms with Gasteiger partial charge in [-0.25, -0.2) is 9.97 Å². The molecule has 2 aromatic rings. The Balaban J connectivity index is 1.63. The quantitative estimate of drug-likeness (QED) is 0.909. The predicted molar refractivity (Wildman–Crippen MR) is 75.0 cm³/mol. The number of carbonyl (C=O) groups excluding carboxylic acids is 1. The van der Waals surface area contributed by atoms with Gasteiger partial charge < -0.3 is 15.2 Å². The van der Waals surface area contributed by atoms with Gasteiger partial charge in [0.1, 0.15) is 5.76 Å². The molecule has 0 bridgehead atoms. The van der Waals surface area contributed by atoms with Crippen LogP contribution in [0.2, 0.25) is 0 Å². The van der Waals surface area contributed by atoms with Crippen LogP contribution in [0.1, 0.15) is 34.7 Å². The number of aryl methyl sites for hydroxylation is 2. The van der Waals surface area contributed by atoms with Crippen LogP contribution in [0.5, 0.6) is 0 Å². The maximum atomic E-state index is 12.3. The van der Waals surface area contributed by atoms with E-state index in [4.69, 9.17) is 10.3 Å². The lowest BCUT2D eigenvalue weighted by atomic mass is 10.1. The molecular weight excluding hydrogens is 270 g/mol. The molecule has 1 amide bonds. The maximum absolute atomic E-state index is 12.3. The third-order valence-corrected chi connectivity index (χ3v) is 3.80. The van der Waals surface area contributed by atoms with Crippen LogP contribution in [0.25, 0.3) is 0 Å². The van der Waals surface area contributed by atoms with Crippen LogP contribution in [-0.2, 0) is 24.3 Å². The highest BCUT2D eigenvalue weighted by Gasteiger charge is 2.25. The van der Waals surface area contributed by atoms with Crippen LogP contribution >= 0.6 is 0 Å². The lowest BCUT2D eigenvalue weighted by Gasteiger charge is -2.14. The smallest absolute Gasteiger partial charge is 0.223 e. The lowest BCUT2D eigenvalue weighted by Crippen LogP contribution is -2.25. The molecule has 2 aromatic heterocycles. The summed E-state index contributed by atoms with van der Waals surface area (Å²) in [6.45, 7) is 4.81. The first kappa shape index (κ1) is 13.5. The van der Waals surface area contributed by atoms with Gasteiger partial charge in [-0.05, 0) is 20.3 Å². The monoisotopic (exact) mass is 287 g/mol. The number of hydrogen-bond acceptors (Lipinski definition) is 6. The summed E-state index contributed by atoms with van der Waals surface area (Å²) in [7, 11) is 0. The first-order valence-corrected chi connectivity index (χ1v) is 6.84. The second kappa shape index (κ2) is 5.16. The molecule has 0 radical (unpaired) electrons. The highest BCUT2D eigenvalue weighted by molar-refractivity contribution is 5.77. The molecule has 0 aliphatic carbocycles. The summed E-state index contributed by atoms with van der Waals surface area (Å²) >= 11 is 0. The number of nitrogens with two attached hydrogens (primary N) is 1. The van der Waals surface area contributed by atoms with E-state index >= 15 is 0 Å². The van der Waals surface area contributed by atoms with Crippen molar-refractivity contribution in [2.75, 3.05) is 5.73 Å². The van der Waals surface area contributed by atoms with Crippen molar-refractivity contribution in [3.8, 4) is 0 Å². The Bertz CT molecular complexity index is 675. The molecule has 0 spiro atoms. The molecule has 0 unspecified atom stereocenters. The number of rotatable bonds is 3. The average molecular weight is 287 g/mol. The van der Waals surface area contributed by atoms with Gasteiger partial charge in [0.05, 0.1) is 17.9 Å². The van der Waals surface area contributed by atoms with Gasteiger partial charge in [-0.1, -0.05) is 5.16 Å². The van der Waals surface area contributed by atoms with Gasteiger partial charge in [0, 0.05) is 30.3 Å². The number of hydrogen-bond donors (Lipinski definition) is 1. The highest BCUT2D eigenvalue weighted by Crippen LogP contribution is 2.22. The number of aromatic nitrogens is 3. The Kier molecular flexibility index (Phi) is 3.32. The SMILES string of the molecule is Cc1noc(C)c1CCC(=O)N1Cc2cnc(N)nc2C1. The van der Waals surface area contributed by atoms with Gasteiger partial charge in [-0.2, -0.15) is 0 Å². The molecule has 7 nitrogen and oxygen atoms in total. The van der Waals surface area contributed by atoms with E-state index in [0.717, 1.165) is 28.3 Å². The highest BCUT2D eigenvalue weighted by atomic mass is 16.5. The molecule has 0 fully saturated rings. The standard InChI is InChI=1S/C14H17N5O2/c1-8-11(9(2)21-18-8)3-4-13(20)19-6-10-5-16-14(15)17-12(10)7-19/h5H,3-4,6-7H2,1-2H3,(H2,15,16,17). The van der Waals surface area contributed by atoms with Gasteiger partial charge in [0.15, 0.2) is 0 Å². The summed E-state index contributed by atoms with van der Waals surface area (Å²) in [6, 6.07) is 0. The summed E-state index contributed by atoms with van der Waals surface area (Å²) in [5, 5.41) is 3.90. The minimum atomic E-state index is 0.0894. The molecule has 3 rings (SSSR count). The second-order valence-electron chi connectivity index (χ2n) is 5.25. The number of anilines is 1. The van der Waals surface area contributed by atoms with Crippen molar-refractivity contribution >= 4 is 11.9 Å². The van der Waals surface area contributed by atoms with E-state index in [-0.39, 0.29) is 11.9 Å². The lowest BCUT2D eigenvalue weighted by molar-refractivity contribution is -0.131. The van der Waals surface area contributed by atoms with E-state index < -0.39 is 0 Å². The Morgan fingerprint density at radius 2 is 2.24 bits per heavy atom. The van der Waals surface area contributed by atoms with Crippen LogP contribution < -0.4 is 5.73 Å². The molecular formula is C14H17N5O2. The fraction of sp³-hybridized carbons (Fsp3) is 0.429. The van der Waals surface area contributed by atoms with E-state index in [1.165, 1.54) is 0 Å². The predicted octanol–water partition coefficient (Wildman–Crippen LogP) is 1.14. The fourth-order valence-corrected chi connectivity index (χ4v) is 2.59. The minimum absolute atomic E-state index is 0.0894. The third-order valence-electron chi connectivity index (χ3n) is 3.80. The van der Waals surface area contributed by atoms with E-state index in [9.17, 15) is 4.79 Å². The third kappa shape index (κ3) is 2.58. The molecule has 2 N–H and O–H groups in total. The first-order chi connectivity index (χ1) is 10.0. The largest absolute Gasteiger partial charge is 0.368 e. The number of amides is 1. The summed E-state index contributed by atoms with van der Waals surface area (Å²) in [4.78, 5) is 22.2. The van der Waals surface area contributed by atoms with E-state index in [2.05, 4.69) is 15.1 Å². The van der Waals surface area contributed by atoms with Gasteiger partial charge in [-0.15, -0.1) is 0 Å². The molecule has 3 heterocycles. The normalized spacial score (nSPS) is 13.5. The van der Waals surface area contributed by atoms with Gasteiger partial charge >= 0.3 is 0 Å². The van der Waals surface area contributed by atoms with Crippen LogP contribution in [0.4, 0.5) is 5.95 Å². The van der Waals surface area contributed by atoms with Crippen LogP contribution in [0.3, 0.4) is 0 Å². The van der Waals surface area contributed by atoms with Crippen molar-refractivity contribution in [3.05, 3.63) is 34.5 Å². The Hall–Kier alpha value is -2.44. The summed E-state index contributed by atoms with van der Waals surface area (Å²) in [5.41, 5.74) is 9.24. The zero-order chi connectivity index (χ0) is 15.0. The molecule has 21 heavy (non-hydrogen) atoms. The summed E-state index contributed by atoms with van der Waals surface area (Å²) in [5.74, 6) is 1.12. The van der Waals surface area contributed by atoms with E-state index in [1.807, 2.05) is 13.8 Å². The van der Waals surface area contributed by atoms with Gasteiger partial charge in [0.2, 0.25) is 11.9 Å². The number of nitrogens with zero attached hydrogens (tertiary/aromatic N) is 4. The van der Waals surface area contributed by atoms with Crippen molar-refractivity contribution in [1.29, 1.82) is 0 Å². The summed E-state index contributed by atoms with van der Waals surface area (Å²) in [6.07, 6.45) is 2.76. The molecule has 1 aliphatic rings. The fourth-order valence-electron chi connectivity index (χ4n) is 2.59. The summed E-state index contributed by atoms with van der Waals surface area (Å²) < 4.78 is 5.11. The Labute approximate surface area is 122 Å². The van der Waals surface area contributed by atoms with Crippen LogP contribution in [0, 0.1) is 13.8 Å². The first-order valence-electron chi connectivity index (χ1n) is 6.84. The van der Waals surface area contributed by atoms with E-state index in [0.29, 0.717) is 25.9 Å². The van der Waals surface area contributed by atoms with Crippen molar-refractivity contribution in [1.82, 2.24) is 20.0 Å². The maximum Gasteiger partial charge on any atom is 0.223 e. The number of fused-ring (bicyclic) bond motifs is 1. The molecule has 0 saturated carbocycles. The van der Waals surface area contributed by atoms with Crippen molar-refractivity contribution in [2.45, 2.75) is 39.8 Å². The zero-order valence-corrected chi connectivity index (χ0v) is 12.1.